The summed E-state index contributed by atoms with van der Waals surface area (Å²) >= 11 is 1.43. The number of phenols is 1. The minimum Gasteiger partial charge on any atom is -0.508 e. The number of amides is 4. The third-order valence-electron chi connectivity index (χ3n) is 5.65. The number of rotatable bonds is 14. The first kappa shape index (κ1) is 28.9. The second kappa shape index (κ2) is 14.3. The Morgan fingerprint density at radius 3 is 2.25 bits per heavy atom. The van der Waals surface area contributed by atoms with Crippen molar-refractivity contribution in [2.24, 2.45) is 5.73 Å². The maximum absolute atomic E-state index is 13.3. The van der Waals surface area contributed by atoms with Gasteiger partial charge in [-0.15, -0.1) is 0 Å². The predicted molar refractivity (Wildman–Crippen MR) is 133 cm³/mol. The average Bonchev–Trinajstić information content (AvgIpc) is 3.37. The van der Waals surface area contributed by atoms with E-state index in [1.54, 1.807) is 12.1 Å². The summed E-state index contributed by atoms with van der Waals surface area (Å²) in [7, 11) is 0. The van der Waals surface area contributed by atoms with Gasteiger partial charge in [0.25, 0.3) is 0 Å². The van der Waals surface area contributed by atoms with E-state index in [0.717, 1.165) is 6.42 Å². The molecule has 36 heavy (non-hydrogen) atoms. The number of nitrogens with two attached hydrogens (primary N) is 1. The van der Waals surface area contributed by atoms with Gasteiger partial charge in [0.05, 0.1) is 12.5 Å². The molecule has 4 amide bonds. The summed E-state index contributed by atoms with van der Waals surface area (Å²) < 4.78 is 0. The van der Waals surface area contributed by atoms with Crippen molar-refractivity contribution in [2.45, 2.75) is 56.3 Å². The Bertz CT molecular complexity index is 937. The lowest BCUT2D eigenvalue weighted by atomic mass is 10.0. The Morgan fingerprint density at radius 1 is 1.06 bits per heavy atom. The number of carbonyl (C=O) groups is 5. The fourth-order valence-corrected chi connectivity index (χ4v) is 4.18. The highest BCUT2D eigenvalue weighted by Crippen LogP contribution is 2.13. The first-order valence-electron chi connectivity index (χ1n) is 11.5. The lowest BCUT2D eigenvalue weighted by Crippen LogP contribution is -2.57. The number of primary amides is 1. The highest BCUT2D eigenvalue weighted by Gasteiger charge is 2.32. The zero-order valence-corrected chi connectivity index (χ0v) is 20.8. The number of aliphatic carboxylic acids is 1. The molecule has 0 radical (unpaired) electrons. The number of benzene rings is 1. The minimum absolute atomic E-state index is 0.0525. The van der Waals surface area contributed by atoms with Gasteiger partial charge in [0, 0.05) is 6.42 Å². The van der Waals surface area contributed by atoms with Crippen LogP contribution in [0.3, 0.4) is 0 Å². The van der Waals surface area contributed by atoms with Crippen LogP contribution in [0.4, 0.5) is 0 Å². The summed E-state index contributed by atoms with van der Waals surface area (Å²) in [6.07, 6.45) is 2.96. The smallest absolute Gasteiger partial charge is 0.326 e. The molecule has 12 nitrogen and oxygen atoms in total. The fourth-order valence-electron chi connectivity index (χ4n) is 3.71. The van der Waals surface area contributed by atoms with Crippen LogP contribution in [0.1, 0.15) is 31.2 Å². The van der Waals surface area contributed by atoms with Gasteiger partial charge in [0.1, 0.15) is 23.9 Å². The number of carboxylic acids is 1. The van der Waals surface area contributed by atoms with Gasteiger partial charge in [-0.3, -0.25) is 19.2 Å². The van der Waals surface area contributed by atoms with E-state index >= 15 is 0 Å². The van der Waals surface area contributed by atoms with Crippen molar-refractivity contribution in [1.82, 2.24) is 21.3 Å². The molecule has 4 atom stereocenters. The molecule has 1 fully saturated rings. The second-order valence-corrected chi connectivity index (χ2v) is 9.48. The normalized spacial score (nSPS) is 17.4. The molecule has 0 aliphatic carbocycles. The van der Waals surface area contributed by atoms with Crippen LogP contribution in [0.2, 0.25) is 0 Å². The highest BCUT2D eigenvalue weighted by molar-refractivity contribution is 7.98. The maximum Gasteiger partial charge on any atom is 0.326 e. The van der Waals surface area contributed by atoms with Gasteiger partial charge in [-0.25, -0.2) is 4.79 Å². The van der Waals surface area contributed by atoms with E-state index in [1.165, 1.54) is 23.9 Å². The van der Waals surface area contributed by atoms with Gasteiger partial charge < -0.3 is 37.2 Å². The van der Waals surface area contributed by atoms with Crippen molar-refractivity contribution >= 4 is 41.4 Å². The number of carboxylic acid groups (broad SMARTS) is 1. The summed E-state index contributed by atoms with van der Waals surface area (Å²) in [6.45, 7) is 0.694. The molecule has 1 aliphatic rings. The summed E-state index contributed by atoms with van der Waals surface area (Å²) in [6, 6.07) is 2.06. The Morgan fingerprint density at radius 2 is 1.69 bits per heavy atom. The summed E-state index contributed by atoms with van der Waals surface area (Å²) in [5.74, 6) is -3.55. The van der Waals surface area contributed by atoms with Crippen LogP contribution in [0, 0.1) is 0 Å². The quantitative estimate of drug-likeness (QED) is 0.157. The Hall–Kier alpha value is -3.32. The monoisotopic (exact) mass is 523 g/mol. The molecule has 0 saturated carbocycles. The van der Waals surface area contributed by atoms with Gasteiger partial charge in [-0.1, -0.05) is 12.1 Å². The van der Waals surface area contributed by atoms with Crippen LogP contribution in [-0.4, -0.2) is 82.5 Å². The number of hydrogen-bond donors (Lipinski definition) is 7. The molecule has 8 N–H and O–H groups in total. The number of nitrogens with one attached hydrogen (secondary N) is 4. The van der Waals surface area contributed by atoms with Crippen LogP contribution in [0.15, 0.2) is 24.3 Å². The highest BCUT2D eigenvalue weighted by atomic mass is 32.2. The largest absolute Gasteiger partial charge is 0.508 e. The molecule has 1 aromatic carbocycles. The number of thioether (sulfide) groups is 1. The molecule has 0 aromatic heterocycles. The van der Waals surface area contributed by atoms with E-state index in [1.807, 2.05) is 6.26 Å². The van der Waals surface area contributed by atoms with Crippen molar-refractivity contribution in [3.8, 4) is 5.75 Å². The van der Waals surface area contributed by atoms with Crippen LogP contribution in [-0.2, 0) is 30.4 Å². The summed E-state index contributed by atoms with van der Waals surface area (Å²) in [4.78, 5) is 61.5. The molecule has 4 unspecified atom stereocenters. The third-order valence-corrected chi connectivity index (χ3v) is 6.29. The van der Waals surface area contributed by atoms with Gasteiger partial charge in [0.15, 0.2) is 0 Å². The zero-order valence-electron chi connectivity index (χ0n) is 20.0. The van der Waals surface area contributed by atoms with Gasteiger partial charge in [-0.05, 0) is 55.5 Å². The molecule has 1 heterocycles. The summed E-state index contributed by atoms with van der Waals surface area (Å²) in [5, 5.41) is 29.5. The van der Waals surface area contributed by atoms with E-state index < -0.39 is 54.3 Å². The van der Waals surface area contributed by atoms with E-state index in [-0.39, 0.29) is 24.5 Å². The number of carbonyl (C=O) groups excluding carboxylic acids is 4. The molecule has 2 rings (SSSR count). The van der Waals surface area contributed by atoms with Crippen LogP contribution in [0.5, 0.6) is 5.75 Å². The fraction of sp³-hybridized carbons (Fsp3) is 0.522. The Labute approximate surface area is 213 Å². The molecule has 198 valence electrons. The first-order chi connectivity index (χ1) is 17.1. The van der Waals surface area contributed by atoms with E-state index in [2.05, 4.69) is 21.3 Å². The number of aromatic hydroxyl groups is 1. The second-order valence-electron chi connectivity index (χ2n) is 8.49. The SMILES string of the molecule is CSCCC(NC(=O)C(Cc1ccc(O)cc1)NC(=O)C1CCCN1)C(=O)NC(CC(N)=O)C(=O)O. The molecule has 0 spiro atoms. The predicted octanol–water partition coefficient (Wildman–Crippen LogP) is -1.15. The number of phenolic OH excluding ortho intramolecular Hbond substituents is 1. The van der Waals surface area contributed by atoms with Crippen molar-refractivity contribution in [3.05, 3.63) is 29.8 Å². The molecular weight excluding hydrogens is 490 g/mol. The Balaban J connectivity index is 2.18. The van der Waals surface area contributed by atoms with Gasteiger partial charge in [-0.2, -0.15) is 11.8 Å². The molecule has 0 bridgehead atoms. The topological polar surface area (TPSA) is 200 Å². The van der Waals surface area contributed by atoms with Crippen LogP contribution in [0.25, 0.3) is 0 Å². The molecule has 1 aromatic rings. The van der Waals surface area contributed by atoms with E-state index in [9.17, 15) is 34.2 Å². The summed E-state index contributed by atoms with van der Waals surface area (Å²) in [5.41, 5.74) is 5.75. The van der Waals surface area contributed by atoms with E-state index in [4.69, 9.17) is 5.73 Å². The lowest BCUT2D eigenvalue weighted by molar-refractivity contribution is -0.143. The lowest BCUT2D eigenvalue weighted by Gasteiger charge is -2.25. The van der Waals surface area contributed by atoms with Crippen molar-refractivity contribution in [1.29, 1.82) is 0 Å². The van der Waals surface area contributed by atoms with Crippen molar-refractivity contribution in [2.75, 3.05) is 18.6 Å². The van der Waals surface area contributed by atoms with Crippen LogP contribution < -0.4 is 27.0 Å². The molecular formula is C23H33N5O7S. The molecule has 1 saturated heterocycles. The van der Waals surface area contributed by atoms with E-state index in [0.29, 0.717) is 24.3 Å². The van der Waals surface area contributed by atoms with Crippen molar-refractivity contribution < 1.29 is 34.2 Å². The maximum atomic E-state index is 13.3. The van der Waals surface area contributed by atoms with Crippen LogP contribution >= 0.6 is 11.8 Å². The molecule has 1 aliphatic heterocycles. The Kier molecular flexibility index (Phi) is 11.5. The molecule has 13 heteroatoms. The standard InChI is InChI=1S/C23H33N5O7S/c1-36-10-8-16(21(32)28-18(23(34)35)12-19(24)30)26-22(33)17(11-13-4-6-14(29)7-5-13)27-20(31)15-3-2-9-25-15/h4-7,15-18,25,29H,2-3,8-12H2,1H3,(H2,24,30)(H,26,33)(H,27,31)(H,28,32)(H,34,35). The zero-order chi connectivity index (χ0) is 26.7. The van der Waals surface area contributed by atoms with Crippen molar-refractivity contribution in [3.63, 3.8) is 0 Å². The van der Waals surface area contributed by atoms with Gasteiger partial charge in [0.2, 0.25) is 23.6 Å². The average molecular weight is 524 g/mol. The number of hydrogen-bond acceptors (Lipinski definition) is 8. The third kappa shape index (κ3) is 9.38. The van der Waals surface area contributed by atoms with Gasteiger partial charge >= 0.3 is 5.97 Å². The minimum atomic E-state index is -1.54. The first-order valence-corrected chi connectivity index (χ1v) is 12.9.